The first kappa shape index (κ1) is 8.20. The zero-order valence-corrected chi connectivity index (χ0v) is 7.04. The first-order chi connectivity index (χ1) is 5.33. The van der Waals surface area contributed by atoms with Gasteiger partial charge in [-0.25, -0.2) is 0 Å². The number of nitrogens with one attached hydrogen (secondary N) is 1. The standard InChI is InChI=1S/C7H14N4/c1-3-4-8-5-7-6-11(2)10-9-7/h6,8H,3-5H2,1-2H3. The van der Waals surface area contributed by atoms with Crippen molar-refractivity contribution in [1.82, 2.24) is 20.3 Å². The third-order valence-corrected chi connectivity index (χ3v) is 1.38. The molecule has 1 rings (SSSR count). The van der Waals surface area contributed by atoms with Crippen molar-refractivity contribution in [3.63, 3.8) is 0 Å². The molecule has 1 heterocycles. The normalized spacial score (nSPS) is 10.4. The van der Waals surface area contributed by atoms with Crippen LogP contribution in [0.5, 0.6) is 0 Å². The highest BCUT2D eigenvalue weighted by Gasteiger charge is 1.94. The van der Waals surface area contributed by atoms with Crippen LogP contribution in [0.4, 0.5) is 0 Å². The molecule has 62 valence electrons. The zero-order chi connectivity index (χ0) is 8.10. The van der Waals surface area contributed by atoms with Crippen molar-refractivity contribution in [2.45, 2.75) is 19.9 Å². The van der Waals surface area contributed by atoms with E-state index in [1.165, 1.54) is 0 Å². The summed E-state index contributed by atoms with van der Waals surface area (Å²) in [6, 6.07) is 0. The van der Waals surface area contributed by atoms with Gasteiger partial charge in [-0.3, -0.25) is 4.68 Å². The molecule has 0 fully saturated rings. The van der Waals surface area contributed by atoms with Gasteiger partial charge in [0.1, 0.15) is 0 Å². The minimum Gasteiger partial charge on any atom is -0.311 e. The maximum atomic E-state index is 3.94. The maximum Gasteiger partial charge on any atom is 0.0964 e. The minimum atomic E-state index is 0.821. The van der Waals surface area contributed by atoms with Crippen LogP contribution in [-0.2, 0) is 13.6 Å². The molecule has 4 nitrogen and oxygen atoms in total. The van der Waals surface area contributed by atoms with E-state index in [0.717, 1.165) is 25.2 Å². The molecule has 0 unspecified atom stereocenters. The van der Waals surface area contributed by atoms with Gasteiger partial charge < -0.3 is 5.32 Å². The predicted molar refractivity (Wildman–Crippen MR) is 43.0 cm³/mol. The van der Waals surface area contributed by atoms with Crippen LogP contribution < -0.4 is 5.32 Å². The van der Waals surface area contributed by atoms with E-state index >= 15 is 0 Å². The molecule has 0 saturated carbocycles. The van der Waals surface area contributed by atoms with Gasteiger partial charge in [-0.2, -0.15) is 0 Å². The summed E-state index contributed by atoms with van der Waals surface area (Å²) in [6.07, 6.45) is 3.07. The SMILES string of the molecule is CCCNCc1cn(C)nn1. The Morgan fingerprint density at radius 2 is 2.45 bits per heavy atom. The Labute approximate surface area is 66.6 Å². The summed E-state index contributed by atoms with van der Waals surface area (Å²) < 4.78 is 1.71. The van der Waals surface area contributed by atoms with E-state index in [4.69, 9.17) is 0 Å². The van der Waals surface area contributed by atoms with E-state index in [0.29, 0.717) is 0 Å². The molecule has 11 heavy (non-hydrogen) atoms. The Hall–Kier alpha value is -0.900. The van der Waals surface area contributed by atoms with Crippen LogP contribution in [-0.4, -0.2) is 21.5 Å². The maximum absolute atomic E-state index is 3.94. The van der Waals surface area contributed by atoms with Crippen LogP contribution in [0, 0.1) is 0 Å². The lowest BCUT2D eigenvalue weighted by atomic mass is 10.4. The number of aryl methyl sites for hydroxylation is 1. The van der Waals surface area contributed by atoms with Crippen LogP contribution in [0.2, 0.25) is 0 Å². The van der Waals surface area contributed by atoms with Crippen molar-refractivity contribution in [3.05, 3.63) is 11.9 Å². The molecule has 1 N–H and O–H groups in total. The Balaban J connectivity index is 2.27. The lowest BCUT2D eigenvalue weighted by Crippen LogP contribution is -2.13. The van der Waals surface area contributed by atoms with Gasteiger partial charge in [-0.05, 0) is 13.0 Å². The van der Waals surface area contributed by atoms with E-state index in [-0.39, 0.29) is 0 Å². The van der Waals surface area contributed by atoms with Crippen LogP contribution >= 0.6 is 0 Å². The van der Waals surface area contributed by atoms with Crippen molar-refractivity contribution in [2.24, 2.45) is 7.05 Å². The van der Waals surface area contributed by atoms with E-state index in [9.17, 15) is 0 Å². The minimum absolute atomic E-state index is 0.821. The summed E-state index contributed by atoms with van der Waals surface area (Å²) in [4.78, 5) is 0. The average molecular weight is 154 g/mol. The summed E-state index contributed by atoms with van der Waals surface area (Å²) in [5.74, 6) is 0. The van der Waals surface area contributed by atoms with Crippen LogP contribution in [0.3, 0.4) is 0 Å². The number of hydrogen-bond donors (Lipinski definition) is 1. The molecule has 0 bridgehead atoms. The topological polar surface area (TPSA) is 42.7 Å². The smallest absolute Gasteiger partial charge is 0.0964 e. The van der Waals surface area contributed by atoms with Gasteiger partial charge >= 0.3 is 0 Å². The number of hydrogen-bond acceptors (Lipinski definition) is 3. The van der Waals surface area contributed by atoms with Gasteiger partial charge in [0.25, 0.3) is 0 Å². The average Bonchev–Trinajstić information content (AvgIpc) is 2.37. The summed E-state index contributed by atoms with van der Waals surface area (Å²) in [6.45, 7) is 4.00. The fraction of sp³-hybridized carbons (Fsp3) is 0.714. The van der Waals surface area contributed by atoms with E-state index in [1.54, 1.807) is 4.68 Å². The Morgan fingerprint density at radius 3 is 3.00 bits per heavy atom. The molecule has 0 saturated heterocycles. The number of rotatable bonds is 4. The fourth-order valence-electron chi connectivity index (χ4n) is 0.870. The van der Waals surface area contributed by atoms with Crippen molar-refractivity contribution in [2.75, 3.05) is 6.54 Å². The molecule has 0 aliphatic rings. The highest BCUT2D eigenvalue weighted by Crippen LogP contribution is 1.89. The second kappa shape index (κ2) is 4.08. The molecule has 0 aromatic carbocycles. The Bertz CT molecular complexity index is 206. The molecule has 4 heteroatoms. The molecule has 0 radical (unpaired) electrons. The summed E-state index contributed by atoms with van der Waals surface area (Å²) in [7, 11) is 1.87. The molecule has 1 aromatic heterocycles. The third-order valence-electron chi connectivity index (χ3n) is 1.38. The number of nitrogens with zero attached hydrogens (tertiary/aromatic N) is 3. The largest absolute Gasteiger partial charge is 0.311 e. The first-order valence-corrected chi connectivity index (χ1v) is 3.89. The van der Waals surface area contributed by atoms with Crippen molar-refractivity contribution in [3.8, 4) is 0 Å². The lowest BCUT2D eigenvalue weighted by Gasteiger charge is -1.96. The van der Waals surface area contributed by atoms with Gasteiger partial charge in [-0.15, -0.1) is 5.10 Å². The summed E-state index contributed by atoms with van der Waals surface area (Å²) >= 11 is 0. The van der Waals surface area contributed by atoms with Crippen LogP contribution in [0.15, 0.2) is 6.20 Å². The molecule has 0 spiro atoms. The van der Waals surface area contributed by atoms with Gasteiger partial charge in [0.15, 0.2) is 0 Å². The van der Waals surface area contributed by atoms with E-state index in [1.807, 2.05) is 13.2 Å². The highest BCUT2D eigenvalue weighted by atomic mass is 15.4. The monoisotopic (exact) mass is 154 g/mol. The molecule has 0 aliphatic carbocycles. The molecule has 0 aliphatic heterocycles. The third kappa shape index (κ3) is 2.67. The molecule has 1 aromatic rings. The Morgan fingerprint density at radius 1 is 1.64 bits per heavy atom. The zero-order valence-electron chi connectivity index (χ0n) is 7.04. The van der Waals surface area contributed by atoms with Crippen LogP contribution in [0.1, 0.15) is 19.0 Å². The van der Waals surface area contributed by atoms with Crippen molar-refractivity contribution < 1.29 is 0 Å². The van der Waals surface area contributed by atoms with Crippen molar-refractivity contribution in [1.29, 1.82) is 0 Å². The second-order valence-electron chi connectivity index (χ2n) is 2.56. The van der Waals surface area contributed by atoms with Gasteiger partial charge in [-0.1, -0.05) is 12.1 Å². The molecular weight excluding hydrogens is 140 g/mol. The quantitative estimate of drug-likeness (QED) is 0.635. The molecular formula is C7H14N4. The van der Waals surface area contributed by atoms with Gasteiger partial charge in [0, 0.05) is 19.8 Å². The van der Waals surface area contributed by atoms with Crippen molar-refractivity contribution >= 4 is 0 Å². The highest BCUT2D eigenvalue weighted by molar-refractivity contribution is 4.90. The van der Waals surface area contributed by atoms with Gasteiger partial charge in [0.2, 0.25) is 0 Å². The second-order valence-corrected chi connectivity index (χ2v) is 2.56. The van der Waals surface area contributed by atoms with Gasteiger partial charge in [0.05, 0.1) is 5.69 Å². The first-order valence-electron chi connectivity index (χ1n) is 3.89. The van der Waals surface area contributed by atoms with E-state index < -0.39 is 0 Å². The number of aromatic nitrogens is 3. The van der Waals surface area contributed by atoms with Crippen LogP contribution in [0.25, 0.3) is 0 Å². The molecule has 0 amide bonds. The summed E-state index contributed by atoms with van der Waals surface area (Å²) in [5.41, 5.74) is 1.00. The Kier molecular flexibility index (Phi) is 3.04. The summed E-state index contributed by atoms with van der Waals surface area (Å²) in [5, 5.41) is 11.0. The molecule has 0 atom stereocenters. The fourth-order valence-corrected chi connectivity index (χ4v) is 0.870. The lowest BCUT2D eigenvalue weighted by molar-refractivity contribution is 0.660. The van der Waals surface area contributed by atoms with E-state index in [2.05, 4.69) is 22.6 Å². The predicted octanol–water partition coefficient (Wildman–Crippen LogP) is 0.315.